The Morgan fingerprint density at radius 3 is 2.61 bits per heavy atom. The molecule has 7 heteroatoms. The smallest absolute Gasteiger partial charge is 0.227 e. The van der Waals surface area contributed by atoms with E-state index in [-0.39, 0.29) is 0 Å². The van der Waals surface area contributed by atoms with E-state index in [2.05, 4.69) is 17.2 Å². The molecule has 140 valence electrons. The molecule has 4 rings (SSSR count). The summed E-state index contributed by atoms with van der Waals surface area (Å²) in [6, 6.07) is 19.5. The van der Waals surface area contributed by atoms with E-state index in [1.165, 1.54) is 0 Å². The molecular formula is C21H18ClN5S. The molecule has 0 aliphatic heterocycles. The Morgan fingerprint density at radius 1 is 1.04 bits per heavy atom. The predicted octanol–water partition coefficient (Wildman–Crippen LogP) is 5.76. The lowest BCUT2D eigenvalue weighted by Crippen LogP contribution is -2.00. The van der Waals surface area contributed by atoms with Crippen molar-refractivity contribution in [2.45, 2.75) is 11.9 Å². The SMILES string of the molecule is CSc1nn(-c2ccccc2)c(C)c1-c1ccnc(Nc2cccc(Cl)c2)n1. The van der Waals surface area contributed by atoms with Crippen LogP contribution in [0.5, 0.6) is 0 Å². The molecule has 28 heavy (non-hydrogen) atoms. The van der Waals surface area contributed by atoms with E-state index in [1.54, 1.807) is 18.0 Å². The Balaban J connectivity index is 1.74. The molecule has 0 amide bonds. The highest BCUT2D eigenvalue weighted by molar-refractivity contribution is 7.98. The number of halogens is 1. The molecule has 0 fully saturated rings. The number of aromatic nitrogens is 4. The number of thioether (sulfide) groups is 1. The Kier molecular flexibility index (Phi) is 5.32. The molecule has 2 aromatic carbocycles. The quantitative estimate of drug-likeness (QED) is 0.426. The Labute approximate surface area is 172 Å². The maximum Gasteiger partial charge on any atom is 0.227 e. The fraction of sp³-hybridized carbons (Fsp3) is 0.0952. The highest BCUT2D eigenvalue weighted by Gasteiger charge is 2.18. The lowest BCUT2D eigenvalue weighted by molar-refractivity contribution is 0.814. The Morgan fingerprint density at radius 2 is 1.86 bits per heavy atom. The summed E-state index contributed by atoms with van der Waals surface area (Å²) in [4.78, 5) is 9.05. The third kappa shape index (κ3) is 3.74. The number of anilines is 2. The zero-order chi connectivity index (χ0) is 19.5. The van der Waals surface area contributed by atoms with Crippen molar-refractivity contribution in [2.75, 3.05) is 11.6 Å². The highest BCUT2D eigenvalue weighted by atomic mass is 35.5. The van der Waals surface area contributed by atoms with Gasteiger partial charge in [-0.1, -0.05) is 35.9 Å². The van der Waals surface area contributed by atoms with Gasteiger partial charge in [-0.3, -0.25) is 0 Å². The zero-order valence-corrected chi connectivity index (χ0v) is 17.0. The fourth-order valence-electron chi connectivity index (χ4n) is 2.99. The van der Waals surface area contributed by atoms with E-state index in [0.29, 0.717) is 11.0 Å². The summed E-state index contributed by atoms with van der Waals surface area (Å²) in [7, 11) is 0. The lowest BCUT2D eigenvalue weighted by atomic mass is 10.2. The van der Waals surface area contributed by atoms with Crippen LogP contribution in [0.2, 0.25) is 5.02 Å². The molecule has 5 nitrogen and oxygen atoms in total. The third-order valence-electron chi connectivity index (χ3n) is 4.27. The van der Waals surface area contributed by atoms with Gasteiger partial charge < -0.3 is 5.32 Å². The van der Waals surface area contributed by atoms with Crippen LogP contribution in [0.15, 0.2) is 71.9 Å². The minimum Gasteiger partial charge on any atom is -0.324 e. The van der Waals surface area contributed by atoms with Gasteiger partial charge in [0.25, 0.3) is 0 Å². The van der Waals surface area contributed by atoms with Gasteiger partial charge in [0.2, 0.25) is 5.95 Å². The van der Waals surface area contributed by atoms with E-state index in [4.69, 9.17) is 21.7 Å². The Bertz CT molecular complexity index is 1110. The van der Waals surface area contributed by atoms with Gasteiger partial charge in [-0.05, 0) is 49.6 Å². The summed E-state index contributed by atoms with van der Waals surface area (Å²) in [5.41, 5.74) is 4.72. The van der Waals surface area contributed by atoms with Gasteiger partial charge in [-0.2, -0.15) is 5.10 Å². The predicted molar refractivity (Wildman–Crippen MR) is 116 cm³/mol. The van der Waals surface area contributed by atoms with E-state index < -0.39 is 0 Å². The second-order valence-electron chi connectivity index (χ2n) is 6.12. The Hall–Kier alpha value is -2.83. The van der Waals surface area contributed by atoms with Gasteiger partial charge in [0.05, 0.1) is 22.6 Å². The average Bonchev–Trinajstić information content (AvgIpc) is 3.05. The summed E-state index contributed by atoms with van der Waals surface area (Å²) >= 11 is 7.67. The van der Waals surface area contributed by atoms with Gasteiger partial charge in [0.1, 0.15) is 5.03 Å². The van der Waals surface area contributed by atoms with Crippen molar-refractivity contribution in [2.24, 2.45) is 0 Å². The molecule has 0 bridgehead atoms. The highest BCUT2D eigenvalue weighted by Crippen LogP contribution is 2.33. The van der Waals surface area contributed by atoms with Crippen LogP contribution in [0.1, 0.15) is 5.69 Å². The topological polar surface area (TPSA) is 55.6 Å². The standard InChI is InChI=1S/C21H18ClN5S/c1-14-19(20(28-2)26-27(14)17-9-4-3-5-10-17)18-11-12-23-21(25-18)24-16-8-6-7-15(22)13-16/h3-13H,1-2H3,(H,23,24,25). The van der Waals surface area contributed by atoms with Crippen LogP contribution in [-0.4, -0.2) is 26.0 Å². The van der Waals surface area contributed by atoms with Crippen LogP contribution in [0, 0.1) is 6.92 Å². The van der Waals surface area contributed by atoms with Crippen LogP contribution in [0.3, 0.4) is 0 Å². The first-order valence-corrected chi connectivity index (χ1v) is 10.3. The van der Waals surface area contributed by atoms with E-state index >= 15 is 0 Å². The number of para-hydroxylation sites is 1. The van der Waals surface area contributed by atoms with Crippen LogP contribution >= 0.6 is 23.4 Å². The minimum atomic E-state index is 0.513. The van der Waals surface area contributed by atoms with Gasteiger partial charge in [-0.15, -0.1) is 11.8 Å². The lowest BCUT2D eigenvalue weighted by Gasteiger charge is -2.08. The van der Waals surface area contributed by atoms with Crippen molar-refractivity contribution < 1.29 is 0 Å². The third-order valence-corrected chi connectivity index (χ3v) is 5.18. The van der Waals surface area contributed by atoms with Gasteiger partial charge in [0, 0.05) is 16.9 Å². The van der Waals surface area contributed by atoms with Gasteiger partial charge in [-0.25, -0.2) is 14.6 Å². The number of nitrogens with one attached hydrogen (secondary N) is 1. The maximum atomic E-state index is 6.06. The molecule has 0 radical (unpaired) electrons. The summed E-state index contributed by atoms with van der Waals surface area (Å²) in [6.07, 6.45) is 3.77. The summed E-state index contributed by atoms with van der Waals surface area (Å²) in [6.45, 7) is 2.06. The molecule has 0 spiro atoms. The van der Waals surface area contributed by atoms with E-state index in [9.17, 15) is 0 Å². The van der Waals surface area contributed by atoms with Crippen molar-refractivity contribution in [3.8, 4) is 16.9 Å². The summed E-state index contributed by atoms with van der Waals surface area (Å²) in [5.74, 6) is 0.513. The molecule has 2 aromatic heterocycles. The van der Waals surface area contributed by atoms with Crippen LogP contribution in [-0.2, 0) is 0 Å². The molecular weight excluding hydrogens is 390 g/mol. The summed E-state index contributed by atoms with van der Waals surface area (Å²) in [5, 5.41) is 9.57. The van der Waals surface area contributed by atoms with Crippen LogP contribution in [0.25, 0.3) is 16.9 Å². The van der Waals surface area contributed by atoms with Gasteiger partial charge in [0.15, 0.2) is 0 Å². The van der Waals surface area contributed by atoms with Crippen molar-refractivity contribution >= 4 is 35.0 Å². The molecule has 2 heterocycles. The van der Waals surface area contributed by atoms with Crippen molar-refractivity contribution in [1.29, 1.82) is 0 Å². The van der Waals surface area contributed by atoms with E-state index in [1.807, 2.05) is 71.6 Å². The molecule has 4 aromatic rings. The average molecular weight is 408 g/mol. The van der Waals surface area contributed by atoms with E-state index in [0.717, 1.165) is 33.4 Å². The molecule has 0 aliphatic rings. The molecule has 0 saturated carbocycles. The second-order valence-corrected chi connectivity index (χ2v) is 7.35. The molecule has 0 atom stereocenters. The zero-order valence-electron chi connectivity index (χ0n) is 15.4. The maximum absolute atomic E-state index is 6.06. The molecule has 1 N–H and O–H groups in total. The first-order chi connectivity index (χ1) is 13.7. The molecule has 0 saturated heterocycles. The normalized spacial score (nSPS) is 10.8. The first-order valence-electron chi connectivity index (χ1n) is 8.71. The monoisotopic (exact) mass is 407 g/mol. The molecule has 0 unspecified atom stereocenters. The largest absolute Gasteiger partial charge is 0.324 e. The number of hydrogen-bond donors (Lipinski definition) is 1. The number of benzene rings is 2. The minimum absolute atomic E-state index is 0.513. The van der Waals surface area contributed by atoms with Gasteiger partial charge >= 0.3 is 0 Å². The molecule has 0 aliphatic carbocycles. The second kappa shape index (κ2) is 8.04. The fourth-order valence-corrected chi connectivity index (χ4v) is 3.80. The van der Waals surface area contributed by atoms with Crippen molar-refractivity contribution in [3.63, 3.8) is 0 Å². The number of nitrogens with zero attached hydrogens (tertiary/aromatic N) is 4. The summed E-state index contributed by atoms with van der Waals surface area (Å²) < 4.78 is 1.95. The van der Waals surface area contributed by atoms with Crippen molar-refractivity contribution in [1.82, 2.24) is 19.7 Å². The first kappa shape index (κ1) is 18.5. The number of hydrogen-bond acceptors (Lipinski definition) is 5. The van der Waals surface area contributed by atoms with Crippen LogP contribution in [0.4, 0.5) is 11.6 Å². The van der Waals surface area contributed by atoms with Crippen molar-refractivity contribution in [3.05, 3.63) is 77.6 Å². The van der Waals surface area contributed by atoms with Crippen LogP contribution < -0.4 is 5.32 Å². The number of rotatable bonds is 5.